The summed E-state index contributed by atoms with van der Waals surface area (Å²) in [4.78, 5) is 28.0. The van der Waals surface area contributed by atoms with E-state index in [9.17, 15) is 36.2 Å². The fraction of sp³-hybridized carbons (Fsp3) is 0.326. The highest BCUT2D eigenvalue weighted by molar-refractivity contribution is 7.86. The molecule has 0 atom stereocenters. The van der Waals surface area contributed by atoms with Crippen LogP contribution in [-0.2, 0) is 20.2 Å². The lowest BCUT2D eigenvalue weighted by atomic mass is 10.2. The Bertz CT molecular complexity index is 3120. The first-order chi connectivity index (χ1) is 34.0. The van der Waals surface area contributed by atoms with Crippen molar-refractivity contribution >= 4 is 126 Å². The molecule has 0 unspecified atom stereocenters. The van der Waals surface area contributed by atoms with Crippen molar-refractivity contribution in [2.75, 3.05) is 92.0 Å². The molecule has 0 aliphatic rings. The zero-order valence-corrected chi connectivity index (χ0v) is 42.4. The van der Waals surface area contributed by atoms with Gasteiger partial charge in [-0.25, -0.2) is 9.97 Å². The molecule has 0 aliphatic carbocycles. The van der Waals surface area contributed by atoms with Gasteiger partial charge in [0.2, 0.25) is 28.1 Å². The maximum atomic E-state index is 12.1. The number of benzene rings is 4. The number of hydrogen-bond acceptors (Lipinski definition) is 24. The van der Waals surface area contributed by atoms with Crippen LogP contribution < -0.4 is 34.8 Å². The molecule has 0 bridgehead atoms. The smallest absolute Gasteiger partial charge is 0.298 e. The van der Waals surface area contributed by atoms with Crippen LogP contribution in [0.2, 0.25) is 0 Å². The lowest BCUT2D eigenvalue weighted by Crippen LogP contribution is -2.31. The number of ether oxygens (including phenoxy) is 2. The number of aromatic nitrogens is 5. The number of aliphatic hydroxyl groups excluding tert-OH is 2. The van der Waals surface area contributed by atoms with E-state index in [1.165, 1.54) is 38.5 Å². The standard InChI is InChI=1S/C43H50N14O10S4/c1-7-55(8-2)25-11-13-27(51-53-42-46-31-21-37(70(60,61)62)33(66-5)23-35(31)68-42)29(19-25)44-39-48-40(50-41(49-39)57(15-17-58)16-18-59)45-30-20-26(56(9-3)10-4)12-14-28(30)52-54-43-47-32-22-38(71(63,64)65)34(67-6)24-36(32)69-43/h11-14,19-24,58-59H,7-10,15-18H2,1-6H3,(H,60,61,62)(H,63,64,65)(H2,44,45,48,49,50). The molecule has 0 spiro atoms. The minimum absolute atomic E-state index is 0.0357. The second-order valence-electron chi connectivity index (χ2n) is 15.0. The van der Waals surface area contributed by atoms with Gasteiger partial charge >= 0.3 is 0 Å². The van der Waals surface area contributed by atoms with Gasteiger partial charge < -0.3 is 45.0 Å². The van der Waals surface area contributed by atoms with Gasteiger partial charge in [0.15, 0.2) is 0 Å². The largest absolute Gasteiger partial charge is 0.495 e. The number of thiazole rings is 2. The number of anilines is 7. The molecule has 0 saturated heterocycles. The van der Waals surface area contributed by atoms with E-state index in [2.05, 4.69) is 50.9 Å². The number of nitrogens with zero attached hydrogens (tertiary/aromatic N) is 12. The van der Waals surface area contributed by atoms with Crippen molar-refractivity contribution in [1.82, 2.24) is 24.9 Å². The molecule has 0 amide bonds. The Morgan fingerprint density at radius 3 is 1.32 bits per heavy atom. The van der Waals surface area contributed by atoms with Crippen LogP contribution in [-0.4, -0.2) is 128 Å². The number of nitrogens with one attached hydrogen (secondary N) is 2. The molecule has 0 aliphatic heterocycles. The molecule has 71 heavy (non-hydrogen) atoms. The number of aliphatic hydroxyl groups is 2. The topological polar surface area (TPSA) is 315 Å². The van der Waals surface area contributed by atoms with Crippen LogP contribution in [0.3, 0.4) is 0 Å². The van der Waals surface area contributed by atoms with E-state index in [1.807, 2.05) is 52.0 Å². The molecular formula is C43H50N14O10S4. The summed E-state index contributed by atoms with van der Waals surface area (Å²) < 4.78 is 79.3. The average molecular weight is 1050 g/mol. The molecule has 6 N–H and O–H groups in total. The maximum Gasteiger partial charge on any atom is 0.298 e. The van der Waals surface area contributed by atoms with Gasteiger partial charge in [0.05, 0.1) is 59.2 Å². The van der Waals surface area contributed by atoms with E-state index < -0.39 is 30.0 Å². The fourth-order valence-electron chi connectivity index (χ4n) is 7.25. The van der Waals surface area contributed by atoms with Crippen LogP contribution in [0.1, 0.15) is 27.7 Å². The normalized spacial score (nSPS) is 12.1. The van der Waals surface area contributed by atoms with Crippen LogP contribution in [0.15, 0.2) is 90.9 Å². The third-order valence-corrected chi connectivity index (χ3v) is 14.3. The van der Waals surface area contributed by atoms with Crippen LogP contribution in [0.25, 0.3) is 20.4 Å². The lowest BCUT2D eigenvalue weighted by molar-refractivity contribution is 0.280. The summed E-state index contributed by atoms with van der Waals surface area (Å²) in [5.74, 6) is 0.0549. The van der Waals surface area contributed by atoms with Gasteiger partial charge in [-0.3, -0.25) is 9.11 Å². The molecule has 4 aromatic carbocycles. The molecule has 7 rings (SSSR count). The number of hydrogen-bond donors (Lipinski definition) is 6. The number of rotatable bonds is 23. The molecule has 24 nitrogen and oxygen atoms in total. The van der Waals surface area contributed by atoms with E-state index >= 15 is 0 Å². The van der Waals surface area contributed by atoms with Crippen molar-refractivity contribution in [3.63, 3.8) is 0 Å². The summed E-state index contributed by atoms with van der Waals surface area (Å²) >= 11 is 2.24. The summed E-state index contributed by atoms with van der Waals surface area (Å²) in [7, 11) is -6.66. The van der Waals surface area contributed by atoms with Gasteiger partial charge in [-0.1, -0.05) is 22.7 Å². The summed E-state index contributed by atoms with van der Waals surface area (Å²) in [6.45, 7) is 10.4. The maximum absolute atomic E-state index is 12.1. The van der Waals surface area contributed by atoms with E-state index in [1.54, 1.807) is 17.0 Å². The van der Waals surface area contributed by atoms with Gasteiger partial charge in [0, 0.05) is 62.8 Å². The SMILES string of the molecule is CCN(CC)c1ccc(N=Nc2nc3cc(S(=O)(=O)O)c(OC)cc3s2)c(Nc2nc(Nc3cc(N(CC)CC)ccc3N=Nc3nc4cc(S(=O)(=O)O)c(OC)cc4s3)nc(N(CCO)CCO)n2)c1. The first-order valence-corrected chi connectivity index (χ1v) is 26.3. The summed E-state index contributed by atoms with van der Waals surface area (Å²) in [5, 5.41) is 44.9. The van der Waals surface area contributed by atoms with E-state index in [0.717, 1.165) is 34.0 Å². The van der Waals surface area contributed by atoms with Gasteiger partial charge in [0.1, 0.15) is 32.7 Å². The van der Waals surface area contributed by atoms with E-state index in [-0.39, 0.29) is 76.9 Å². The molecule has 28 heteroatoms. The van der Waals surface area contributed by atoms with Crippen LogP contribution in [0, 0.1) is 0 Å². The first kappa shape index (κ1) is 52.0. The molecule has 376 valence electrons. The summed E-state index contributed by atoms with van der Waals surface area (Å²) in [5.41, 5.74) is 3.70. The summed E-state index contributed by atoms with van der Waals surface area (Å²) in [6.07, 6.45) is 0. The first-order valence-electron chi connectivity index (χ1n) is 21.8. The van der Waals surface area contributed by atoms with Crippen LogP contribution in [0.5, 0.6) is 11.5 Å². The third-order valence-electron chi connectivity index (χ3n) is 10.7. The van der Waals surface area contributed by atoms with Gasteiger partial charge in [-0.2, -0.15) is 31.8 Å². The minimum atomic E-state index is -4.62. The van der Waals surface area contributed by atoms with Crippen molar-refractivity contribution in [2.45, 2.75) is 37.5 Å². The van der Waals surface area contributed by atoms with Gasteiger partial charge in [-0.15, -0.1) is 20.5 Å². The Kier molecular flexibility index (Phi) is 16.5. The Balaban J connectivity index is 1.31. The monoisotopic (exact) mass is 1050 g/mol. The van der Waals surface area contributed by atoms with Crippen molar-refractivity contribution in [3.8, 4) is 11.5 Å². The van der Waals surface area contributed by atoms with Gasteiger partial charge in [-0.05, 0) is 76.2 Å². The third kappa shape index (κ3) is 12.2. The predicted molar refractivity (Wildman–Crippen MR) is 273 cm³/mol. The molecule has 7 aromatic rings. The molecular weight excluding hydrogens is 1000 g/mol. The Labute approximate surface area is 416 Å². The molecule has 0 saturated carbocycles. The predicted octanol–water partition coefficient (Wildman–Crippen LogP) is 8.40. The van der Waals surface area contributed by atoms with Crippen molar-refractivity contribution < 1.29 is 45.6 Å². The number of methoxy groups -OCH3 is 2. The second kappa shape index (κ2) is 22.5. The number of azo groups is 2. The summed E-state index contributed by atoms with van der Waals surface area (Å²) in [6, 6.07) is 16.3. The highest BCUT2D eigenvalue weighted by Crippen LogP contribution is 2.40. The highest BCUT2D eigenvalue weighted by Gasteiger charge is 2.22. The quantitative estimate of drug-likeness (QED) is 0.0259. The zero-order chi connectivity index (χ0) is 51.0. The Morgan fingerprint density at radius 1 is 0.563 bits per heavy atom. The molecule has 0 radical (unpaired) electrons. The van der Waals surface area contributed by atoms with Crippen LogP contribution in [0.4, 0.5) is 62.2 Å². The Hall–Kier alpha value is -6.79. The number of fused-ring (bicyclic) bond motifs is 2. The lowest BCUT2D eigenvalue weighted by Gasteiger charge is -2.24. The fourth-order valence-corrected chi connectivity index (χ4v) is 10.2. The molecule has 0 fully saturated rings. The molecule has 3 heterocycles. The van der Waals surface area contributed by atoms with Crippen molar-refractivity contribution in [3.05, 3.63) is 60.7 Å². The van der Waals surface area contributed by atoms with E-state index in [4.69, 9.17) is 24.4 Å². The van der Waals surface area contributed by atoms with E-state index in [0.29, 0.717) is 58.3 Å². The molecule has 3 aromatic heterocycles. The van der Waals surface area contributed by atoms with Crippen molar-refractivity contribution in [2.24, 2.45) is 20.5 Å². The average Bonchev–Trinajstić information content (AvgIpc) is 3.95. The highest BCUT2D eigenvalue weighted by atomic mass is 32.2. The minimum Gasteiger partial charge on any atom is -0.495 e. The Morgan fingerprint density at radius 2 is 0.972 bits per heavy atom. The van der Waals surface area contributed by atoms with Gasteiger partial charge in [0.25, 0.3) is 20.2 Å². The second-order valence-corrected chi connectivity index (χ2v) is 19.8. The zero-order valence-electron chi connectivity index (χ0n) is 39.2. The van der Waals surface area contributed by atoms with Crippen molar-refractivity contribution in [1.29, 1.82) is 0 Å². The van der Waals surface area contributed by atoms with Crippen LogP contribution >= 0.6 is 22.7 Å².